The Hall–Kier alpha value is -1.93. The highest BCUT2D eigenvalue weighted by atomic mass is 32.2. The van der Waals surface area contributed by atoms with E-state index in [2.05, 4.69) is 10.0 Å². The van der Waals surface area contributed by atoms with Crippen LogP contribution in [0.15, 0.2) is 29.2 Å². The number of carbonyl (C=O) groups excluding carboxylic acids is 2. The standard InChI is InChI=1S/C21H31N3O4S/c1-3-15(2)23-29(27,28)19-11-9-17(10-12-19)22-21(26)16-13-20(25)24(14-16)18-7-5-4-6-8-18/h9-12,15-16,18,23H,3-8,13-14H2,1-2H3,(H,22,26)/t15-,16-/m1/s1. The van der Waals surface area contributed by atoms with Gasteiger partial charge in [0.15, 0.2) is 0 Å². The van der Waals surface area contributed by atoms with E-state index in [1.165, 1.54) is 18.6 Å². The van der Waals surface area contributed by atoms with Crippen LogP contribution < -0.4 is 10.0 Å². The van der Waals surface area contributed by atoms with Gasteiger partial charge in [-0.15, -0.1) is 0 Å². The van der Waals surface area contributed by atoms with Crippen LogP contribution in [0.1, 0.15) is 58.8 Å². The second-order valence-corrected chi connectivity index (χ2v) is 9.90. The molecule has 2 amide bonds. The number of hydrogen-bond donors (Lipinski definition) is 2. The van der Waals surface area contributed by atoms with E-state index in [1.54, 1.807) is 12.1 Å². The Morgan fingerprint density at radius 3 is 2.45 bits per heavy atom. The molecule has 160 valence electrons. The maximum Gasteiger partial charge on any atom is 0.240 e. The molecule has 1 aliphatic carbocycles. The minimum absolute atomic E-state index is 0.0645. The molecule has 1 aliphatic heterocycles. The minimum Gasteiger partial charge on any atom is -0.339 e. The summed E-state index contributed by atoms with van der Waals surface area (Å²) in [6, 6.07) is 6.25. The molecule has 0 unspecified atom stereocenters. The van der Waals surface area contributed by atoms with E-state index in [9.17, 15) is 18.0 Å². The lowest BCUT2D eigenvalue weighted by molar-refractivity contribution is -0.130. The Morgan fingerprint density at radius 1 is 1.17 bits per heavy atom. The highest BCUT2D eigenvalue weighted by molar-refractivity contribution is 7.89. The van der Waals surface area contributed by atoms with E-state index in [0.717, 1.165) is 25.7 Å². The topological polar surface area (TPSA) is 95.6 Å². The largest absolute Gasteiger partial charge is 0.339 e. The van der Waals surface area contributed by atoms with Gasteiger partial charge in [-0.3, -0.25) is 9.59 Å². The fourth-order valence-corrected chi connectivity index (χ4v) is 5.36. The lowest BCUT2D eigenvalue weighted by atomic mass is 9.94. The molecule has 2 N–H and O–H groups in total. The molecular formula is C21H31N3O4S. The number of nitrogens with zero attached hydrogens (tertiary/aromatic N) is 1. The number of amides is 2. The normalized spacial score (nSPS) is 21.9. The van der Waals surface area contributed by atoms with Crippen molar-refractivity contribution in [3.05, 3.63) is 24.3 Å². The van der Waals surface area contributed by atoms with Gasteiger partial charge in [-0.1, -0.05) is 26.2 Å². The van der Waals surface area contributed by atoms with Gasteiger partial charge in [0, 0.05) is 30.7 Å². The molecule has 1 heterocycles. The zero-order valence-electron chi connectivity index (χ0n) is 17.2. The number of sulfonamides is 1. The van der Waals surface area contributed by atoms with Gasteiger partial charge in [0.2, 0.25) is 21.8 Å². The van der Waals surface area contributed by atoms with Crippen LogP contribution in [0.3, 0.4) is 0 Å². The van der Waals surface area contributed by atoms with E-state index >= 15 is 0 Å². The molecular weight excluding hydrogens is 390 g/mol. The first-order chi connectivity index (χ1) is 13.8. The molecule has 0 radical (unpaired) electrons. The lowest BCUT2D eigenvalue weighted by Gasteiger charge is -2.31. The summed E-state index contributed by atoms with van der Waals surface area (Å²) >= 11 is 0. The van der Waals surface area contributed by atoms with E-state index in [4.69, 9.17) is 0 Å². The maximum atomic E-state index is 12.6. The Bertz CT molecular complexity index is 832. The summed E-state index contributed by atoms with van der Waals surface area (Å²) in [4.78, 5) is 27.1. The van der Waals surface area contributed by atoms with Crippen molar-refractivity contribution in [2.24, 2.45) is 5.92 Å². The molecule has 2 aliphatic rings. The molecule has 1 saturated carbocycles. The number of likely N-dealkylation sites (tertiary alicyclic amines) is 1. The van der Waals surface area contributed by atoms with Gasteiger partial charge < -0.3 is 10.2 Å². The zero-order valence-corrected chi connectivity index (χ0v) is 18.0. The molecule has 0 bridgehead atoms. The van der Waals surface area contributed by atoms with Crippen molar-refractivity contribution in [3.8, 4) is 0 Å². The van der Waals surface area contributed by atoms with Crippen LogP contribution >= 0.6 is 0 Å². The maximum absolute atomic E-state index is 12.6. The van der Waals surface area contributed by atoms with Crippen molar-refractivity contribution >= 4 is 27.5 Å². The summed E-state index contributed by atoms with van der Waals surface area (Å²) in [6.07, 6.45) is 6.51. The predicted octanol–water partition coefficient (Wildman–Crippen LogP) is 2.88. The van der Waals surface area contributed by atoms with Crippen molar-refractivity contribution in [2.75, 3.05) is 11.9 Å². The Balaban J connectivity index is 1.59. The third-order valence-corrected chi connectivity index (χ3v) is 7.55. The number of carbonyl (C=O) groups is 2. The molecule has 7 nitrogen and oxygen atoms in total. The molecule has 8 heteroatoms. The average molecular weight is 422 g/mol. The third kappa shape index (κ3) is 5.36. The monoisotopic (exact) mass is 421 g/mol. The Labute approximate surface area is 173 Å². The second kappa shape index (κ2) is 9.26. The van der Waals surface area contributed by atoms with Gasteiger partial charge >= 0.3 is 0 Å². The number of rotatable bonds is 7. The van der Waals surface area contributed by atoms with Gasteiger partial charge in [0.25, 0.3) is 0 Å². The molecule has 0 aromatic heterocycles. The van der Waals surface area contributed by atoms with E-state index in [1.807, 2.05) is 18.7 Å². The fourth-order valence-electron chi connectivity index (χ4n) is 4.03. The molecule has 2 atom stereocenters. The molecule has 1 aromatic rings. The average Bonchev–Trinajstić information content (AvgIpc) is 3.10. The van der Waals surface area contributed by atoms with Crippen LogP contribution in [0, 0.1) is 5.92 Å². The molecule has 1 saturated heterocycles. The predicted molar refractivity (Wildman–Crippen MR) is 112 cm³/mol. The fraction of sp³-hybridized carbons (Fsp3) is 0.619. The van der Waals surface area contributed by atoms with Gasteiger partial charge in [-0.2, -0.15) is 0 Å². The van der Waals surface area contributed by atoms with Crippen LogP contribution in [0.2, 0.25) is 0 Å². The highest BCUT2D eigenvalue weighted by Crippen LogP contribution is 2.29. The summed E-state index contributed by atoms with van der Waals surface area (Å²) in [6.45, 7) is 4.20. The van der Waals surface area contributed by atoms with Gasteiger partial charge in [-0.05, 0) is 50.5 Å². The van der Waals surface area contributed by atoms with Crippen molar-refractivity contribution < 1.29 is 18.0 Å². The van der Waals surface area contributed by atoms with E-state index in [-0.39, 0.29) is 41.1 Å². The van der Waals surface area contributed by atoms with Crippen molar-refractivity contribution in [1.29, 1.82) is 0 Å². The molecule has 1 aromatic carbocycles. The zero-order chi connectivity index (χ0) is 21.0. The molecule has 29 heavy (non-hydrogen) atoms. The smallest absolute Gasteiger partial charge is 0.240 e. The summed E-state index contributed by atoms with van der Waals surface area (Å²) in [5.74, 6) is -0.487. The molecule has 3 rings (SSSR count). The van der Waals surface area contributed by atoms with Crippen molar-refractivity contribution in [2.45, 2.75) is 75.8 Å². The number of nitrogens with one attached hydrogen (secondary N) is 2. The summed E-state index contributed by atoms with van der Waals surface area (Å²) in [5.41, 5.74) is 0.529. The van der Waals surface area contributed by atoms with Crippen LogP contribution in [-0.2, 0) is 19.6 Å². The van der Waals surface area contributed by atoms with Crippen molar-refractivity contribution in [3.63, 3.8) is 0 Å². The highest BCUT2D eigenvalue weighted by Gasteiger charge is 2.38. The van der Waals surface area contributed by atoms with Crippen LogP contribution in [-0.4, -0.2) is 43.8 Å². The van der Waals surface area contributed by atoms with E-state index < -0.39 is 10.0 Å². The first-order valence-corrected chi connectivity index (χ1v) is 12.0. The summed E-state index contributed by atoms with van der Waals surface area (Å²) in [5, 5.41) is 2.83. The SMILES string of the molecule is CC[C@@H](C)NS(=O)(=O)c1ccc(NC(=O)[C@@H]2CC(=O)N(C3CCCCC3)C2)cc1. The van der Waals surface area contributed by atoms with E-state index in [0.29, 0.717) is 18.7 Å². The van der Waals surface area contributed by atoms with Crippen LogP contribution in [0.25, 0.3) is 0 Å². The molecule has 0 spiro atoms. The first-order valence-electron chi connectivity index (χ1n) is 10.5. The lowest BCUT2D eigenvalue weighted by Crippen LogP contribution is -2.38. The first kappa shape index (κ1) is 21.8. The number of hydrogen-bond acceptors (Lipinski definition) is 4. The Kier molecular flexibility index (Phi) is 6.95. The number of benzene rings is 1. The quantitative estimate of drug-likeness (QED) is 0.708. The Morgan fingerprint density at radius 2 is 1.83 bits per heavy atom. The van der Waals surface area contributed by atoms with Crippen molar-refractivity contribution in [1.82, 2.24) is 9.62 Å². The van der Waals surface area contributed by atoms with Gasteiger partial charge in [0.05, 0.1) is 10.8 Å². The number of anilines is 1. The molecule has 2 fully saturated rings. The summed E-state index contributed by atoms with van der Waals surface area (Å²) in [7, 11) is -3.57. The van der Waals surface area contributed by atoms with Gasteiger partial charge in [0.1, 0.15) is 0 Å². The summed E-state index contributed by atoms with van der Waals surface area (Å²) < 4.78 is 27.3. The minimum atomic E-state index is -3.57. The third-order valence-electron chi connectivity index (χ3n) is 5.95. The van der Waals surface area contributed by atoms with Crippen LogP contribution in [0.5, 0.6) is 0 Å². The van der Waals surface area contributed by atoms with Crippen LogP contribution in [0.4, 0.5) is 5.69 Å². The van der Waals surface area contributed by atoms with Gasteiger partial charge in [-0.25, -0.2) is 13.1 Å². The second-order valence-electron chi connectivity index (χ2n) is 8.18.